The Kier molecular flexibility index (Phi) is 7.22. The number of benzene rings is 2. The van der Waals surface area contributed by atoms with Crippen LogP contribution in [0.2, 0.25) is 0 Å². The summed E-state index contributed by atoms with van der Waals surface area (Å²) < 4.78 is 4.90. The molecular formula is C27H26N4O3S. The molecule has 0 radical (unpaired) electrons. The van der Waals surface area contributed by atoms with E-state index in [-0.39, 0.29) is 12.1 Å². The summed E-state index contributed by atoms with van der Waals surface area (Å²) in [5, 5.41) is 4.49. The van der Waals surface area contributed by atoms with Crippen LogP contribution in [0.1, 0.15) is 32.6 Å². The van der Waals surface area contributed by atoms with E-state index in [0.29, 0.717) is 28.5 Å². The van der Waals surface area contributed by atoms with E-state index in [4.69, 9.17) is 17.0 Å². The van der Waals surface area contributed by atoms with Crippen molar-refractivity contribution in [2.75, 3.05) is 12.4 Å². The molecule has 0 atom stereocenters. The van der Waals surface area contributed by atoms with Gasteiger partial charge in [0.2, 0.25) is 0 Å². The van der Waals surface area contributed by atoms with Crippen molar-refractivity contribution in [2.45, 2.75) is 26.9 Å². The average Bonchev–Trinajstić information content (AvgIpc) is 2.87. The number of carbonyl (C=O) groups is 1. The van der Waals surface area contributed by atoms with Gasteiger partial charge in [0.05, 0.1) is 30.4 Å². The van der Waals surface area contributed by atoms with Crippen molar-refractivity contribution in [1.82, 2.24) is 14.9 Å². The zero-order chi connectivity index (χ0) is 24.9. The summed E-state index contributed by atoms with van der Waals surface area (Å²) in [7, 11) is 1.33. The van der Waals surface area contributed by atoms with E-state index in [1.165, 1.54) is 7.11 Å². The topological polar surface area (TPSA) is 87.3 Å². The lowest BCUT2D eigenvalue weighted by atomic mass is 10.0. The molecule has 0 bridgehead atoms. The standard InChI is InChI=1S/C27H26N4O3S/c1-17-10-11-20-13-21(25(32)30-24(20)18(17)2)16-31(15-19-7-6-12-28-14-19)27(35)29-23-9-5-4-8-22(23)26(33)34-3/h4-14H,15-16H2,1-3H3,(H,29,35)(H,30,32). The lowest BCUT2D eigenvalue weighted by Crippen LogP contribution is -2.36. The van der Waals surface area contributed by atoms with Crippen LogP contribution in [-0.4, -0.2) is 33.1 Å². The van der Waals surface area contributed by atoms with Gasteiger partial charge in [-0.25, -0.2) is 4.79 Å². The highest BCUT2D eigenvalue weighted by molar-refractivity contribution is 7.80. The van der Waals surface area contributed by atoms with Crippen LogP contribution >= 0.6 is 12.2 Å². The molecule has 4 aromatic rings. The number of ether oxygens (including phenoxy) is 1. The number of nitrogens with one attached hydrogen (secondary N) is 2. The van der Waals surface area contributed by atoms with E-state index >= 15 is 0 Å². The number of methoxy groups -OCH3 is 1. The Hall–Kier alpha value is -4.04. The molecule has 0 aliphatic rings. The van der Waals surface area contributed by atoms with Crippen LogP contribution in [0.5, 0.6) is 0 Å². The number of thiocarbonyl (C=S) groups is 1. The van der Waals surface area contributed by atoms with E-state index in [1.807, 2.05) is 49.1 Å². The molecule has 7 nitrogen and oxygen atoms in total. The second-order valence-corrected chi connectivity index (χ2v) is 8.67. The van der Waals surface area contributed by atoms with Gasteiger partial charge in [-0.15, -0.1) is 0 Å². The molecule has 0 saturated carbocycles. The zero-order valence-electron chi connectivity index (χ0n) is 19.8. The number of anilines is 1. The van der Waals surface area contributed by atoms with Crippen molar-refractivity contribution in [1.29, 1.82) is 0 Å². The number of aromatic nitrogens is 2. The van der Waals surface area contributed by atoms with Crippen molar-refractivity contribution in [2.24, 2.45) is 0 Å². The van der Waals surface area contributed by atoms with Crippen LogP contribution < -0.4 is 10.9 Å². The minimum Gasteiger partial charge on any atom is -0.465 e. The number of esters is 1. The first-order valence-electron chi connectivity index (χ1n) is 11.1. The van der Waals surface area contributed by atoms with Gasteiger partial charge in [0, 0.05) is 24.5 Å². The van der Waals surface area contributed by atoms with Crippen LogP contribution in [0, 0.1) is 13.8 Å². The highest BCUT2D eigenvalue weighted by Gasteiger charge is 2.18. The van der Waals surface area contributed by atoms with Gasteiger partial charge in [-0.2, -0.15) is 0 Å². The van der Waals surface area contributed by atoms with Gasteiger partial charge in [-0.1, -0.05) is 30.3 Å². The maximum atomic E-state index is 13.0. The number of rotatable bonds is 6. The first kappa shape index (κ1) is 24.1. The average molecular weight is 487 g/mol. The third kappa shape index (κ3) is 5.38. The predicted octanol–water partition coefficient (Wildman–Crippen LogP) is 4.73. The Morgan fingerprint density at radius 1 is 1.11 bits per heavy atom. The summed E-state index contributed by atoms with van der Waals surface area (Å²) in [5.41, 5.74) is 5.25. The number of pyridine rings is 2. The van der Waals surface area contributed by atoms with Crippen molar-refractivity contribution in [3.8, 4) is 0 Å². The predicted molar refractivity (Wildman–Crippen MR) is 142 cm³/mol. The molecule has 2 aromatic carbocycles. The lowest BCUT2D eigenvalue weighted by molar-refractivity contribution is 0.0602. The highest BCUT2D eigenvalue weighted by atomic mass is 32.1. The van der Waals surface area contributed by atoms with E-state index in [9.17, 15) is 9.59 Å². The summed E-state index contributed by atoms with van der Waals surface area (Å²) in [6.07, 6.45) is 3.46. The number of carbonyl (C=O) groups excluding carboxylic acids is 1. The van der Waals surface area contributed by atoms with Gasteiger partial charge in [0.15, 0.2) is 5.11 Å². The molecule has 35 heavy (non-hydrogen) atoms. The maximum Gasteiger partial charge on any atom is 0.339 e. The zero-order valence-corrected chi connectivity index (χ0v) is 20.6. The number of hydrogen-bond acceptors (Lipinski definition) is 5. The minimum atomic E-state index is -0.466. The Morgan fingerprint density at radius 3 is 2.66 bits per heavy atom. The first-order valence-corrected chi connectivity index (χ1v) is 11.5. The molecule has 2 aromatic heterocycles. The smallest absolute Gasteiger partial charge is 0.339 e. The number of nitrogens with zero attached hydrogens (tertiary/aromatic N) is 2. The fraction of sp³-hybridized carbons (Fsp3) is 0.185. The molecule has 0 aliphatic carbocycles. The molecule has 0 saturated heterocycles. The monoisotopic (exact) mass is 486 g/mol. The van der Waals surface area contributed by atoms with Crippen molar-refractivity contribution >= 4 is 39.9 Å². The number of fused-ring (bicyclic) bond motifs is 1. The summed E-state index contributed by atoms with van der Waals surface area (Å²) in [5.74, 6) is -0.466. The van der Waals surface area contributed by atoms with E-state index in [1.54, 1.807) is 36.7 Å². The van der Waals surface area contributed by atoms with E-state index < -0.39 is 5.97 Å². The van der Waals surface area contributed by atoms with E-state index in [2.05, 4.69) is 15.3 Å². The molecule has 0 unspecified atom stereocenters. The Labute approximate surface area is 208 Å². The van der Waals surface area contributed by atoms with Gasteiger partial charge >= 0.3 is 5.97 Å². The fourth-order valence-corrected chi connectivity index (χ4v) is 4.12. The molecule has 4 rings (SSSR count). The fourth-order valence-electron chi connectivity index (χ4n) is 3.88. The third-order valence-electron chi connectivity index (χ3n) is 5.95. The molecule has 2 N–H and O–H groups in total. The van der Waals surface area contributed by atoms with Gasteiger partial charge < -0.3 is 19.9 Å². The van der Waals surface area contributed by atoms with Crippen molar-refractivity contribution in [3.05, 3.63) is 105 Å². The highest BCUT2D eigenvalue weighted by Crippen LogP contribution is 2.21. The summed E-state index contributed by atoms with van der Waals surface area (Å²) >= 11 is 5.75. The maximum absolute atomic E-state index is 13.0. The number of H-pyrrole nitrogens is 1. The molecule has 0 aliphatic heterocycles. The Balaban J connectivity index is 1.68. The van der Waals surface area contributed by atoms with Gasteiger partial charge in [0.25, 0.3) is 5.56 Å². The number of hydrogen-bond donors (Lipinski definition) is 2. The number of aromatic amines is 1. The Bertz CT molecular complexity index is 1450. The summed E-state index contributed by atoms with van der Waals surface area (Å²) in [6.45, 7) is 4.70. The second-order valence-electron chi connectivity index (χ2n) is 8.28. The van der Waals surface area contributed by atoms with Gasteiger partial charge in [0.1, 0.15) is 0 Å². The summed E-state index contributed by atoms with van der Waals surface area (Å²) in [4.78, 5) is 34.3. The quantitative estimate of drug-likeness (QED) is 0.301. The molecule has 0 spiro atoms. The van der Waals surface area contributed by atoms with Crippen LogP contribution in [-0.2, 0) is 17.8 Å². The third-order valence-corrected chi connectivity index (χ3v) is 6.31. The Morgan fingerprint density at radius 2 is 1.91 bits per heavy atom. The first-order chi connectivity index (χ1) is 16.9. The molecular weight excluding hydrogens is 460 g/mol. The minimum absolute atomic E-state index is 0.167. The number of para-hydroxylation sites is 1. The SMILES string of the molecule is COC(=O)c1ccccc1NC(=S)N(Cc1cccnc1)Cc1cc2ccc(C)c(C)c2[nH]c1=O. The largest absolute Gasteiger partial charge is 0.465 e. The van der Waals surface area contributed by atoms with Gasteiger partial charge in [-0.05, 0) is 72.4 Å². The van der Waals surface area contributed by atoms with E-state index in [0.717, 1.165) is 27.6 Å². The van der Waals surface area contributed by atoms with Crippen molar-refractivity contribution < 1.29 is 9.53 Å². The lowest BCUT2D eigenvalue weighted by Gasteiger charge is -2.26. The molecule has 8 heteroatoms. The van der Waals surface area contributed by atoms with Crippen LogP contribution in [0.15, 0.2) is 71.8 Å². The molecule has 178 valence electrons. The van der Waals surface area contributed by atoms with Crippen LogP contribution in [0.3, 0.4) is 0 Å². The van der Waals surface area contributed by atoms with Crippen LogP contribution in [0.25, 0.3) is 10.9 Å². The molecule has 2 heterocycles. The summed E-state index contributed by atoms with van der Waals surface area (Å²) in [6, 6.07) is 16.7. The molecule has 0 fully saturated rings. The normalized spacial score (nSPS) is 10.7. The van der Waals surface area contributed by atoms with Crippen molar-refractivity contribution in [3.63, 3.8) is 0 Å². The van der Waals surface area contributed by atoms with Gasteiger partial charge in [-0.3, -0.25) is 9.78 Å². The second kappa shape index (κ2) is 10.5. The molecule has 0 amide bonds. The van der Waals surface area contributed by atoms with Crippen LogP contribution in [0.4, 0.5) is 5.69 Å². The number of aryl methyl sites for hydroxylation is 2.